The third kappa shape index (κ3) is 3.31. The SMILES string of the molecule is CC1CN(CC(=O)Nc2ccccc2C#N)CC1N. The number of para-hydroxylation sites is 1. The maximum absolute atomic E-state index is 11.9. The molecule has 0 radical (unpaired) electrons. The fourth-order valence-corrected chi connectivity index (χ4v) is 2.31. The molecule has 19 heavy (non-hydrogen) atoms. The molecule has 3 N–H and O–H groups in total. The van der Waals surface area contributed by atoms with E-state index in [1.807, 2.05) is 4.90 Å². The Balaban J connectivity index is 1.93. The molecule has 5 nitrogen and oxygen atoms in total. The molecule has 1 saturated heterocycles. The van der Waals surface area contributed by atoms with Gasteiger partial charge in [0.15, 0.2) is 0 Å². The third-order valence-corrected chi connectivity index (χ3v) is 3.43. The smallest absolute Gasteiger partial charge is 0.238 e. The zero-order valence-electron chi connectivity index (χ0n) is 11.0. The van der Waals surface area contributed by atoms with Crippen LogP contribution in [0.25, 0.3) is 0 Å². The molecule has 2 unspecified atom stereocenters. The lowest BCUT2D eigenvalue weighted by Gasteiger charge is -2.15. The number of hydrogen-bond donors (Lipinski definition) is 2. The van der Waals surface area contributed by atoms with E-state index >= 15 is 0 Å². The lowest BCUT2D eigenvalue weighted by atomic mass is 10.1. The zero-order chi connectivity index (χ0) is 13.8. The van der Waals surface area contributed by atoms with Crippen LogP contribution in [0.4, 0.5) is 5.69 Å². The highest BCUT2D eigenvalue weighted by Gasteiger charge is 2.27. The highest BCUT2D eigenvalue weighted by atomic mass is 16.2. The highest BCUT2D eigenvalue weighted by Crippen LogP contribution is 2.16. The van der Waals surface area contributed by atoms with E-state index in [1.54, 1.807) is 24.3 Å². The summed E-state index contributed by atoms with van der Waals surface area (Å²) in [6.07, 6.45) is 0. The molecule has 2 rings (SSSR count). The van der Waals surface area contributed by atoms with E-state index in [-0.39, 0.29) is 11.9 Å². The van der Waals surface area contributed by atoms with Crippen molar-refractivity contribution >= 4 is 11.6 Å². The van der Waals surface area contributed by atoms with Crippen molar-refractivity contribution in [3.63, 3.8) is 0 Å². The van der Waals surface area contributed by atoms with Crippen LogP contribution in [0.15, 0.2) is 24.3 Å². The average molecular weight is 258 g/mol. The normalized spacial score (nSPS) is 23.0. The maximum Gasteiger partial charge on any atom is 0.238 e. The first kappa shape index (κ1) is 13.5. The number of amides is 1. The lowest BCUT2D eigenvalue weighted by molar-refractivity contribution is -0.117. The zero-order valence-corrected chi connectivity index (χ0v) is 11.0. The summed E-state index contributed by atoms with van der Waals surface area (Å²) in [5.41, 5.74) is 6.96. The van der Waals surface area contributed by atoms with Gasteiger partial charge in [-0.2, -0.15) is 5.26 Å². The van der Waals surface area contributed by atoms with Crippen LogP contribution in [0.1, 0.15) is 12.5 Å². The van der Waals surface area contributed by atoms with Crippen molar-refractivity contribution < 1.29 is 4.79 Å². The molecule has 100 valence electrons. The van der Waals surface area contributed by atoms with Crippen molar-refractivity contribution in [2.45, 2.75) is 13.0 Å². The largest absolute Gasteiger partial charge is 0.326 e. The number of carbonyl (C=O) groups is 1. The minimum absolute atomic E-state index is 0.107. The second-order valence-electron chi connectivity index (χ2n) is 5.04. The van der Waals surface area contributed by atoms with Gasteiger partial charge < -0.3 is 11.1 Å². The van der Waals surface area contributed by atoms with Gasteiger partial charge in [-0.15, -0.1) is 0 Å². The van der Waals surface area contributed by atoms with E-state index in [0.717, 1.165) is 13.1 Å². The molecule has 0 saturated carbocycles. The summed E-state index contributed by atoms with van der Waals surface area (Å²) in [5.74, 6) is 0.309. The summed E-state index contributed by atoms with van der Waals surface area (Å²) >= 11 is 0. The predicted molar refractivity (Wildman–Crippen MR) is 73.4 cm³/mol. The molecule has 1 aliphatic heterocycles. The Bertz CT molecular complexity index is 498. The number of likely N-dealkylation sites (tertiary alicyclic amines) is 1. The van der Waals surface area contributed by atoms with Crippen LogP contribution in [-0.2, 0) is 4.79 Å². The number of hydrogen-bond acceptors (Lipinski definition) is 4. The van der Waals surface area contributed by atoms with Crippen LogP contribution < -0.4 is 11.1 Å². The Hall–Kier alpha value is -1.90. The number of benzene rings is 1. The monoisotopic (exact) mass is 258 g/mol. The summed E-state index contributed by atoms with van der Waals surface area (Å²) in [5, 5.41) is 11.7. The molecule has 1 heterocycles. The first-order valence-corrected chi connectivity index (χ1v) is 6.37. The van der Waals surface area contributed by atoms with Crippen molar-refractivity contribution in [3.05, 3.63) is 29.8 Å². The standard InChI is InChI=1S/C14H18N4O/c1-10-7-18(8-12(10)16)9-14(19)17-13-5-3-2-4-11(13)6-15/h2-5,10,12H,7-9,16H2,1H3,(H,17,19). The van der Waals surface area contributed by atoms with Gasteiger partial charge in [0, 0.05) is 19.1 Å². The van der Waals surface area contributed by atoms with E-state index in [9.17, 15) is 4.79 Å². The first-order chi connectivity index (χ1) is 9.10. The molecule has 1 aromatic carbocycles. The molecule has 0 aliphatic carbocycles. The van der Waals surface area contributed by atoms with Gasteiger partial charge >= 0.3 is 0 Å². The Kier molecular flexibility index (Phi) is 4.15. The molecule has 1 aliphatic rings. The Morgan fingerprint density at radius 1 is 1.53 bits per heavy atom. The summed E-state index contributed by atoms with van der Waals surface area (Å²) in [7, 11) is 0. The van der Waals surface area contributed by atoms with Crippen LogP contribution in [0, 0.1) is 17.2 Å². The van der Waals surface area contributed by atoms with Gasteiger partial charge in [0.1, 0.15) is 6.07 Å². The number of carbonyl (C=O) groups excluding carboxylic acids is 1. The van der Waals surface area contributed by atoms with Gasteiger partial charge in [-0.3, -0.25) is 9.69 Å². The number of nitrogens with two attached hydrogens (primary N) is 1. The van der Waals surface area contributed by atoms with Crippen molar-refractivity contribution in [3.8, 4) is 6.07 Å². The van der Waals surface area contributed by atoms with E-state index in [2.05, 4.69) is 18.3 Å². The van der Waals surface area contributed by atoms with E-state index < -0.39 is 0 Å². The minimum atomic E-state index is -0.107. The topological polar surface area (TPSA) is 82.2 Å². The van der Waals surface area contributed by atoms with Gasteiger partial charge in [0.25, 0.3) is 0 Å². The summed E-state index contributed by atoms with van der Waals surface area (Å²) < 4.78 is 0. The molecule has 0 spiro atoms. The van der Waals surface area contributed by atoms with Crippen LogP contribution in [0.5, 0.6) is 0 Å². The van der Waals surface area contributed by atoms with Gasteiger partial charge in [0.05, 0.1) is 17.8 Å². The van der Waals surface area contributed by atoms with Crippen LogP contribution in [-0.4, -0.2) is 36.5 Å². The number of nitrogens with zero attached hydrogens (tertiary/aromatic N) is 2. The fraction of sp³-hybridized carbons (Fsp3) is 0.429. The molecule has 5 heteroatoms. The fourth-order valence-electron chi connectivity index (χ4n) is 2.31. The van der Waals surface area contributed by atoms with Crippen molar-refractivity contribution in [1.29, 1.82) is 5.26 Å². The maximum atomic E-state index is 11.9. The van der Waals surface area contributed by atoms with Crippen LogP contribution >= 0.6 is 0 Å². The molecule has 2 atom stereocenters. The quantitative estimate of drug-likeness (QED) is 0.839. The number of nitrogens with one attached hydrogen (secondary N) is 1. The van der Waals surface area contributed by atoms with Gasteiger partial charge in [-0.05, 0) is 18.1 Å². The highest BCUT2D eigenvalue weighted by molar-refractivity contribution is 5.93. The first-order valence-electron chi connectivity index (χ1n) is 6.37. The molecule has 1 amide bonds. The van der Waals surface area contributed by atoms with E-state index in [4.69, 9.17) is 11.0 Å². The van der Waals surface area contributed by atoms with Crippen LogP contribution in [0.2, 0.25) is 0 Å². The van der Waals surface area contributed by atoms with Crippen molar-refractivity contribution in [1.82, 2.24) is 4.90 Å². The lowest BCUT2D eigenvalue weighted by Crippen LogP contribution is -2.33. The summed E-state index contributed by atoms with van der Waals surface area (Å²) in [6, 6.07) is 9.18. The Morgan fingerprint density at radius 3 is 2.89 bits per heavy atom. The predicted octanol–water partition coefficient (Wildman–Crippen LogP) is 0.776. The second-order valence-corrected chi connectivity index (χ2v) is 5.04. The molecule has 1 fully saturated rings. The van der Waals surface area contributed by atoms with Crippen molar-refractivity contribution in [2.24, 2.45) is 11.7 Å². The number of nitriles is 1. The molecule has 1 aromatic rings. The second kappa shape index (κ2) is 5.83. The summed E-state index contributed by atoms with van der Waals surface area (Å²) in [4.78, 5) is 14.0. The minimum Gasteiger partial charge on any atom is -0.326 e. The van der Waals surface area contributed by atoms with Gasteiger partial charge in [-0.25, -0.2) is 0 Å². The third-order valence-electron chi connectivity index (χ3n) is 3.43. The number of rotatable bonds is 3. The van der Waals surface area contributed by atoms with Gasteiger partial charge in [-0.1, -0.05) is 19.1 Å². The molecule has 0 bridgehead atoms. The molecule has 0 aromatic heterocycles. The molecular formula is C14H18N4O. The average Bonchev–Trinajstić information content (AvgIpc) is 2.68. The number of anilines is 1. The van der Waals surface area contributed by atoms with Crippen LogP contribution in [0.3, 0.4) is 0 Å². The van der Waals surface area contributed by atoms with E-state index in [1.165, 1.54) is 0 Å². The summed E-state index contributed by atoms with van der Waals surface area (Å²) in [6.45, 7) is 3.99. The van der Waals surface area contributed by atoms with Gasteiger partial charge in [0.2, 0.25) is 5.91 Å². The van der Waals surface area contributed by atoms with Crippen molar-refractivity contribution in [2.75, 3.05) is 25.0 Å². The Morgan fingerprint density at radius 2 is 2.26 bits per heavy atom. The molecular weight excluding hydrogens is 240 g/mol. The van der Waals surface area contributed by atoms with E-state index in [0.29, 0.717) is 23.7 Å². The Labute approximate surface area is 113 Å².